The number of benzene rings is 1. The van der Waals surface area contributed by atoms with Crippen LogP contribution in [-0.2, 0) is 13.1 Å². The quantitative estimate of drug-likeness (QED) is 0.718. The first-order valence-electron chi connectivity index (χ1n) is 7.27. The van der Waals surface area contributed by atoms with E-state index in [0.29, 0.717) is 5.15 Å². The Bertz CT molecular complexity index is 747. The van der Waals surface area contributed by atoms with E-state index in [0.717, 1.165) is 24.5 Å². The molecule has 3 rings (SSSR count). The third-order valence-corrected chi connectivity index (χ3v) is 3.88. The molecule has 0 aliphatic rings. The zero-order valence-corrected chi connectivity index (χ0v) is 13.2. The number of aromatic nitrogens is 2. The van der Waals surface area contributed by atoms with Gasteiger partial charge in [0.2, 0.25) is 0 Å². The van der Waals surface area contributed by atoms with Gasteiger partial charge in [0.1, 0.15) is 0 Å². The predicted molar refractivity (Wildman–Crippen MR) is 90.3 cm³/mol. The molecule has 2 aromatic heterocycles. The van der Waals surface area contributed by atoms with E-state index in [2.05, 4.69) is 52.1 Å². The summed E-state index contributed by atoms with van der Waals surface area (Å²) in [5, 5.41) is 3.98. The van der Waals surface area contributed by atoms with Crippen LogP contribution in [0, 0.1) is 6.92 Å². The molecular formula is C18H18ClN3. The number of nitrogens with zero attached hydrogens (tertiary/aromatic N) is 2. The Morgan fingerprint density at radius 1 is 1.05 bits per heavy atom. The van der Waals surface area contributed by atoms with Gasteiger partial charge < -0.3 is 9.88 Å². The highest BCUT2D eigenvalue weighted by molar-refractivity contribution is 6.31. The van der Waals surface area contributed by atoms with E-state index in [1.165, 1.54) is 11.1 Å². The molecule has 1 aromatic carbocycles. The van der Waals surface area contributed by atoms with Gasteiger partial charge in [-0.3, -0.25) is 0 Å². The lowest BCUT2D eigenvalue weighted by molar-refractivity contribution is 0.669. The van der Waals surface area contributed by atoms with Crippen molar-refractivity contribution < 1.29 is 0 Å². The predicted octanol–water partition coefficient (Wildman–Crippen LogP) is 4.12. The second-order valence-electron chi connectivity index (χ2n) is 5.27. The first kappa shape index (κ1) is 14.8. The van der Waals surface area contributed by atoms with Crippen LogP contribution in [0.25, 0.3) is 5.69 Å². The average Bonchev–Trinajstić information content (AvgIpc) is 2.98. The minimum absolute atomic E-state index is 0.512. The van der Waals surface area contributed by atoms with Crippen LogP contribution in [0.3, 0.4) is 0 Å². The second kappa shape index (κ2) is 6.77. The molecule has 2 heterocycles. The molecule has 0 saturated heterocycles. The Labute approximate surface area is 135 Å². The molecule has 0 spiro atoms. The molecule has 0 amide bonds. The van der Waals surface area contributed by atoms with Crippen LogP contribution in [0.4, 0.5) is 0 Å². The van der Waals surface area contributed by atoms with Crippen molar-refractivity contribution in [2.24, 2.45) is 0 Å². The topological polar surface area (TPSA) is 29.9 Å². The lowest BCUT2D eigenvalue weighted by atomic mass is 10.1. The zero-order valence-electron chi connectivity index (χ0n) is 12.5. The molecule has 4 heteroatoms. The summed E-state index contributed by atoms with van der Waals surface area (Å²) < 4.78 is 2.07. The van der Waals surface area contributed by atoms with Crippen molar-refractivity contribution in [3.05, 3.63) is 82.9 Å². The van der Waals surface area contributed by atoms with Crippen molar-refractivity contribution in [2.75, 3.05) is 0 Å². The molecule has 0 bridgehead atoms. The van der Waals surface area contributed by atoms with E-state index in [1.54, 1.807) is 6.20 Å². The first-order valence-corrected chi connectivity index (χ1v) is 7.65. The van der Waals surface area contributed by atoms with E-state index in [-0.39, 0.29) is 0 Å². The van der Waals surface area contributed by atoms with E-state index in [9.17, 15) is 0 Å². The van der Waals surface area contributed by atoms with Gasteiger partial charge in [0.05, 0.1) is 5.69 Å². The van der Waals surface area contributed by atoms with Crippen molar-refractivity contribution in [1.82, 2.24) is 14.9 Å². The van der Waals surface area contributed by atoms with Crippen molar-refractivity contribution in [3.8, 4) is 5.69 Å². The fourth-order valence-corrected chi connectivity index (χ4v) is 2.60. The van der Waals surface area contributed by atoms with E-state index >= 15 is 0 Å². The molecular weight excluding hydrogens is 294 g/mol. The second-order valence-corrected chi connectivity index (χ2v) is 5.63. The molecule has 22 heavy (non-hydrogen) atoms. The van der Waals surface area contributed by atoms with Gasteiger partial charge in [-0.15, -0.1) is 0 Å². The Balaban J connectivity index is 1.68. The number of halogens is 1. The Morgan fingerprint density at radius 2 is 1.86 bits per heavy atom. The Morgan fingerprint density at radius 3 is 2.64 bits per heavy atom. The van der Waals surface area contributed by atoms with Crippen LogP contribution in [0.1, 0.15) is 16.8 Å². The van der Waals surface area contributed by atoms with E-state index < -0.39 is 0 Å². The summed E-state index contributed by atoms with van der Waals surface area (Å²) in [6, 6.07) is 16.5. The summed E-state index contributed by atoms with van der Waals surface area (Å²) in [4.78, 5) is 4.14. The molecule has 3 aromatic rings. The van der Waals surface area contributed by atoms with Crippen LogP contribution >= 0.6 is 11.6 Å². The summed E-state index contributed by atoms with van der Waals surface area (Å²) in [6.45, 7) is 3.71. The minimum atomic E-state index is 0.512. The Kier molecular flexibility index (Phi) is 4.56. The van der Waals surface area contributed by atoms with Crippen LogP contribution in [0.5, 0.6) is 0 Å². The molecule has 0 aliphatic heterocycles. The van der Waals surface area contributed by atoms with Crippen LogP contribution in [0.15, 0.2) is 60.9 Å². The molecule has 0 radical (unpaired) electrons. The van der Waals surface area contributed by atoms with Gasteiger partial charge in [0, 0.05) is 31.2 Å². The molecule has 0 aliphatic carbocycles. The molecule has 0 fully saturated rings. The van der Waals surface area contributed by atoms with Gasteiger partial charge in [-0.25, -0.2) is 4.98 Å². The molecule has 1 N–H and O–H groups in total. The minimum Gasteiger partial charge on any atom is -0.317 e. The van der Waals surface area contributed by atoms with Crippen LogP contribution < -0.4 is 5.32 Å². The third-order valence-electron chi connectivity index (χ3n) is 3.59. The summed E-state index contributed by atoms with van der Waals surface area (Å²) in [6.07, 6.45) is 3.70. The van der Waals surface area contributed by atoms with Gasteiger partial charge in [-0.2, -0.15) is 0 Å². The van der Waals surface area contributed by atoms with Crippen LogP contribution in [0.2, 0.25) is 5.15 Å². The normalized spacial score (nSPS) is 10.8. The highest BCUT2D eigenvalue weighted by atomic mass is 35.5. The lowest BCUT2D eigenvalue weighted by Crippen LogP contribution is -2.15. The summed E-state index contributed by atoms with van der Waals surface area (Å²) >= 11 is 6.18. The summed E-state index contributed by atoms with van der Waals surface area (Å²) in [5.74, 6) is 0. The number of hydrogen-bond donors (Lipinski definition) is 1. The molecule has 0 atom stereocenters. The SMILES string of the molecule is Cc1ccc(CNCc2cccn2-c2cccnc2Cl)cc1. The fraction of sp³-hybridized carbons (Fsp3) is 0.167. The number of rotatable bonds is 5. The van der Waals surface area contributed by atoms with Crippen molar-refractivity contribution >= 4 is 11.6 Å². The number of pyridine rings is 1. The Hall–Kier alpha value is -2.10. The van der Waals surface area contributed by atoms with Crippen molar-refractivity contribution in [1.29, 1.82) is 0 Å². The third kappa shape index (κ3) is 3.38. The number of nitrogens with one attached hydrogen (secondary N) is 1. The fourth-order valence-electron chi connectivity index (χ4n) is 2.39. The number of aryl methyl sites for hydroxylation is 1. The smallest absolute Gasteiger partial charge is 0.152 e. The van der Waals surface area contributed by atoms with Gasteiger partial charge in [0.25, 0.3) is 0 Å². The highest BCUT2D eigenvalue weighted by Gasteiger charge is 2.07. The standard InChI is InChI=1S/C18H18ClN3/c1-14-6-8-15(9-7-14)12-20-13-16-4-3-11-22(16)17-5-2-10-21-18(17)19/h2-11,20H,12-13H2,1H3. The summed E-state index contributed by atoms with van der Waals surface area (Å²) in [7, 11) is 0. The number of hydrogen-bond acceptors (Lipinski definition) is 2. The molecule has 112 valence electrons. The monoisotopic (exact) mass is 311 g/mol. The first-order chi connectivity index (χ1) is 10.7. The van der Waals surface area contributed by atoms with Crippen LogP contribution in [-0.4, -0.2) is 9.55 Å². The van der Waals surface area contributed by atoms with Gasteiger partial charge >= 0.3 is 0 Å². The van der Waals surface area contributed by atoms with Crippen molar-refractivity contribution in [3.63, 3.8) is 0 Å². The average molecular weight is 312 g/mol. The van der Waals surface area contributed by atoms with Gasteiger partial charge in [0.15, 0.2) is 5.15 Å². The largest absolute Gasteiger partial charge is 0.317 e. The molecule has 0 saturated carbocycles. The van der Waals surface area contributed by atoms with Crippen molar-refractivity contribution in [2.45, 2.75) is 20.0 Å². The van der Waals surface area contributed by atoms with E-state index in [4.69, 9.17) is 11.6 Å². The summed E-state index contributed by atoms with van der Waals surface area (Å²) in [5.41, 5.74) is 4.62. The lowest BCUT2D eigenvalue weighted by Gasteiger charge is -2.11. The maximum absolute atomic E-state index is 6.18. The maximum atomic E-state index is 6.18. The van der Waals surface area contributed by atoms with Gasteiger partial charge in [-0.1, -0.05) is 41.4 Å². The highest BCUT2D eigenvalue weighted by Crippen LogP contribution is 2.19. The maximum Gasteiger partial charge on any atom is 0.152 e. The zero-order chi connectivity index (χ0) is 15.4. The molecule has 0 unspecified atom stereocenters. The van der Waals surface area contributed by atoms with Gasteiger partial charge in [-0.05, 0) is 36.8 Å². The van der Waals surface area contributed by atoms with E-state index in [1.807, 2.05) is 24.4 Å². The molecule has 3 nitrogen and oxygen atoms in total.